The van der Waals surface area contributed by atoms with E-state index >= 15 is 4.39 Å². The SMILES string of the molecule is CCCSNc1ccc(F)c(C(=O)c2c[nH]c3ncnc(Nc4ccc(C=N)c(N)c4)c23)c1F. The standard InChI is InChI=1S/C23H21F2N7OS/c1-2-7-34-32-17-6-5-15(24)19(20(17)25)21(33)14-10-28-22-18(14)23(30-11-29-22)31-13-4-3-12(9-26)16(27)8-13/h3-6,8-11,26,32H,2,7,27H2,1H3,(H2,28,29,30,31). The smallest absolute Gasteiger partial charge is 0.201 e. The average Bonchev–Trinajstić information content (AvgIpc) is 3.26. The lowest BCUT2D eigenvalue weighted by Crippen LogP contribution is -2.10. The lowest BCUT2D eigenvalue weighted by atomic mass is 10.0. The zero-order valence-corrected chi connectivity index (χ0v) is 18.9. The molecule has 4 aromatic rings. The molecule has 11 heteroatoms. The Labute approximate surface area is 198 Å². The molecule has 2 heterocycles. The highest BCUT2D eigenvalue weighted by Gasteiger charge is 2.26. The van der Waals surface area contributed by atoms with Crippen molar-refractivity contribution in [3.63, 3.8) is 0 Å². The van der Waals surface area contributed by atoms with Crippen molar-refractivity contribution in [2.75, 3.05) is 21.5 Å². The summed E-state index contributed by atoms with van der Waals surface area (Å²) in [5.41, 5.74) is 7.12. The Balaban J connectivity index is 1.75. The largest absolute Gasteiger partial charge is 0.398 e. The first-order valence-corrected chi connectivity index (χ1v) is 11.3. The summed E-state index contributed by atoms with van der Waals surface area (Å²) in [7, 11) is 0. The van der Waals surface area contributed by atoms with Gasteiger partial charge in [-0.1, -0.05) is 18.9 Å². The van der Waals surface area contributed by atoms with Gasteiger partial charge in [0.25, 0.3) is 0 Å². The fourth-order valence-corrected chi connectivity index (χ4v) is 3.98. The summed E-state index contributed by atoms with van der Waals surface area (Å²) in [4.78, 5) is 24.5. The Morgan fingerprint density at radius 1 is 1.26 bits per heavy atom. The van der Waals surface area contributed by atoms with Crippen LogP contribution in [0.25, 0.3) is 11.0 Å². The summed E-state index contributed by atoms with van der Waals surface area (Å²) in [6, 6.07) is 7.29. The summed E-state index contributed by atoms with van der Waals surface area (Å²) in [5, 5.41) is 10.7. The molecule has 0 unspecified atom stereocenters. The summed E-state index contributed by atoms with van der Waals surface area (Å²) in [5.74, 6) is -1.80. The van der Waals surface area contributed by atoms with E-state index in [1.54, 1.807) is 18.2 Å². The van der Waals surface area contributed by atoms with Gasteiger partial charge in [-0.05, 0) is 36.8 Å². The number of nitrogens with zero attached hydrogens (tertiary/aromatic N) is 2. The Morgan fingerprint density at radius 2 is 2.09 bits per heavy atom. The number of hydrogen-bond donors (Lipinski definition) is 5. The molecular weight excluding hydrogens is 460 g/mol. The third-order valence-corrected chi connectivity index (χ3v) is 6.00. The number of nitrogen functional groups attached to an aromatic ring is 1. The number of hydrogen-bond acceptors (Lipinski definition) is 8. The number of fused-ring (bicyclic) bond motifs is 1. The maximum absolute atomic E-state index is 15.1. The van der Waals surface area contributed by atoms with Crippen LogP contribution in [0.3, 0.4) is 0 Å². The highest BCUT2D eigenvalue weighted by Crippen LogP contribution is 2.31. The van der Waals surface area contributed by atoms with Crippen LogP contribution in [-0.2, 0) is 0 Å². The second-order valence-corrected chi connectivity index (χ2v) is 8.23. The van der Waals surface area contributed by atoms with Crippen molar-refractivity contribution in [1.82, 2.24) is 15.0 Å². The molecular formula is C23H21F2N7OS. The number of ketones is 1. The number of rotatable bonds is 9. The number of carbonyl (C=O) groups excluding carboxylic acids is 1. The Kier molecular flexibility index (Phi) is 6.73. The summed E-state index contributed by atoms with van der Waals surface area (Å²) in [6.45, 7) is 1.98. The Bertz CT molecular complexity index is 1390. The van der Waals surface area contributed by atoms with Crippen molar-refractivity contribution >= 4 is 57.9 Å². The van der Waals surface area contributed by atoms with Crippen LogP contribution >= 0.6 is 11.9 Å². The molecule has 0 amide bonds. The van der Waals surface area contributed by atoms with E-state index in [1.807, 2.05) is 6.92 Å². The highest BCUT2D eigenvalue weighted by molar-refractivity contribution is 8.00. The summed E-state index contributed by atoms with van der Waals surface area (Å²) >= 11 is 1.27. The molecule has 0 radical (unpaired) electrons. The van der Waals surface area contributed by atoms with E-state index in [0.717, 1.165) is 24.5 Å². The first kappa shape index (κ1) is 23.2. The minimum Gasteiger partial charge on any atom is -0.398 e. The van der Waals surface area contributed by atoms with Crippen LogP contribution in [0.2, 0.25) is 0 Å². The highest BCUT2D eigenvalue weighted by atomic mass is 32.2. The molecule has 2 aromatic heterocycles. The summed E-state index contributed by atoms with van der Waals surface area (Å²) in [6.07, 6.45) is 4.65. The number of H-pyrrole nitrogens is 1. The van der Waals surface area contributed by atoms with Crippen molar-refractivity contribution < 1.29 is 13.6 Å². The van der Waals surface area contributed by atoms with Crippen molar-refractivity contribution in [3.8, 4) is 0 Å². The van der Waals surface area contributed by atoms with Gasteiger partial charge in [0, 0.05) is 35.1 Å². The van der Waals surface area contributed by atoms with E-state index in [4.69, 9.17) is 11.1 Å². The van der Waals surface area contributed by atoms with Gasteiger partial charge in [-0.3, -0.25) is 4.79 Å². The van der Waals surface area contributed by atoms with Crippen LogP contribution in [0.15, 0.2) is 42.9 Å². The second kappa shape index (κ2) is 9.87. The van der Waals surface area contributed by atoms with Gasteiger partial charge in [-0.15, -0.1) is 0 Å². The van der Waals surface area contributed by atoms with Gasteiger partial charge in [0.2, 0.25) is 5.78 Å². The fraction of sp³-hybridized carbons (Fsp3) is 0.130. The van der Waals surface area contributed by atoms with Gasteiger partial charge in [0.1, 0.15) is 23.6 Å². The molecule has 0 saturated heterocycles. The second-order valence-electron chi connectivity index (χ2n) is 7.32. The van der Waals surface area contributed by atoms with Crippen molar-refractivity contribution in [3.05, 3.63) is 71.2 Å². The van der Waals surface area contributed by atoms with Gasteiger partial charge in [0.05, 0.1) is 22.2 Å². The van der Waals surface area contributed by atoms with Crippen LogP contribution in [0.5, 0.6) is 0 Å². The molecule has 0 aliphatic rings. The van der Waals surface area contributed by atoms with Gasteiger partial charge >= 0.3 is 0 Å². The van der Waals surface area contributed by atoms with E-state index in [2.05, 4.69) is 25.0 Å². The number of anilines is 4. The third-order valence-electron chi connectivity index (χ3n) is 5.03. The normalized spacial score (nSPS) is 10.9. The van der Waals surface area contributed by atoms with Gasteiger partial charge < -0.3 is 26.2 Å². The van der Waals surface area contributed by atoms with Crippen LogP contribution in [0.4, 0.5) is 31.7 Å². The Morgan fingerprint density at radius 3 is 2.82 bits per heavy atom. The zero-order valence-electron chi connectivity index (χ0n) is 18.1. The van der Waals surface area contributed by atoms with Gasteiger partial charge in [-0.25, -0.2) is 18.7 Å². The van der Waals surface area contributed by atoms with E-state index in [9.17, 15) is 9.18 Å². The van der Waals surface area contributed by atoms with Crippen molar-refractivity contribution in [2.45, 2.75) is 13.3 Å². The number of aromatic nitrogens is 3. The Hall–Kier alpha value is -3.99. The number of benzene rings is 2. The van der Waals surface area contributed by atoms with Crippen LogP contribution in [0.1, 0.15) is 34.8 Å². The molecule has 174 valence electrons. The molecule has 0 aliphatic heterocycles. The fourth-order valence-electron chi connectivity index (χ4n) is 3.36. The van der Waals surface area contributed by atoms with Crippen LogP contribution in [-0.4, -0.2) is 32.7 Å². The van der Waals surface area contributed by atoms with Gasteiger partial charge in [-0.2, -0.15) is 0 Å². The number of nitrogens with two attached hydrogens (primary N) is 1. The molecule has 8 nitrogen and oxygen atoms in total. The maximum Gasteiger partial charge on any atom is 0.201 e. The monoisotopic (exact) mass is 481 g/mol. The van der Waals surface area contributed by atoms with E-state index in [-0.39, 0.29) is 22.5 Å². The molecule has 2 aromatic carbocycles. The maximum atomic E-state index is 15.1. The quantitative estimate of drug-likeness (QED) is 0.0724. The molecule has 4 rings (SSSR count). The predicted molar refractivity (Wildman–Crippen MR) is 132 cm³/mol. The zero-order chi connectivity index (χ0) is 24.2. The topological polar surface area (TPSA) is 133 Å². The van der Waals surface area contributed by atoms with Crippen LogP contribution in [0, 0.1) is 17.0 Å². The molecule has 0 spiro atoms. The number of aromatic amines is 1. The van der Waals surface area contributed by atoms with E-state index < -0.39 is 23.0 Å². The summed E-state index contributed by atoms with van der Waals surface area (Å²) < 4.78 is 32.6. The molecule has 34 heavy (non-hydrogen) atoms. The molecule has 0 fully saturated rings. The van der Waals surface area contributed by atoms with E-state index in [0.29, 0.717) is 22.6 Å². The van der Waals surface area contributed by atoms with Crippen molar-refractivity contribution in [2.24, 2.45) is 0 Å². The van der Waals surface area contributed by atoms with E-state index in [1.165, 1.54) is 30.5 Å². The van der Waals surface area contributed by atoms with Crippen LogP contribution < -0.4 is 15.8 Å². The van der Waals surface area contributed by atoms with Gasteiger partial charge in [0.15, 0.2) is 5.82 Å². The third kappa shape index (κ3) is 4.42. The lowest BCUT2D eigenvalue weighted by molar-refractivity contribution is 0.103. The average molecular weight is 482 g/mol. The predicted octanol–water partition coefficient (Wildman–Crippen LogP) is 5.26. The molecule has 0 atom stereocenters. The molecule has 6 N–H and O–H groups in total. The lowest BCUT2D eigenvalue weighted by Gasteiger charge is -2.11. The molecule has 0 bridgehead atoms. The first-order valence-electron chi connectivity index (χ1n) is 10.3. The molecule has 0 aliphatic carbocycles. The minimum absolute atomic E-state index is 0.0124. The number of nitrogens with one attached hydrogen (secondary N) is 4. The minimum atomic E-state index is -0.968. The number of halogens is 2. The molecule has 0 saturated carbocycles. The first-order chi connectivity index (χ1) is 16.4. The number of carbonyl (C=O) groups is 1. The van der Waals surface area contributed by atoms with Crippen molar-refractivity contribution in [1.29, 1.82) is 5.41 Å².